The van der Waals surface area contributed by atoms with Crippen LogP contribution in [0.3, 0.4) is 0 Å². The first-order valence-electron chi connectivity index (χ1n) is 16.2. The molecule has 0 heterocycles. The van der Waals surface area contributed by atoms with E-state index in [1.165, 1.54) is 12.2 Å². The van der Waals surface area contributed by atoms with Crippen LogP contribution in [0, 0.1) is 0 Å². The average Bonchev–Trinajstić information content (AvgIpc) is 2.82. The Morgan fingerprint density at radius 1 is 0.682 bits per heavy atom. The van der Waals surface area contributed by atoms with Crippen LogP contribution < -0.4 is 21.3 Å². The monoisotopic (exact) mass is 626 g/mol. The number of carbonyl (C=O) groups is 3. The molecular formula is C34H66N4O6. The van der Waals surface area contributed by atoms with E-state index in [4.69, 9.17) is 14.2 Å². The molecule has 0 bridgehead atoms. The molecule has 0 fully saturated rings. The fraction of sp³-hybridized carbons (Fsp3) is 0.853. The Hall–Kier alpha value is -2.01. The molecule has 258 valence electrons. The first kappa shape index (κ1) is 42.0. The van der Waals surface area contributed by atoms with Crippen molar-refractivity contribution in [1.29, 1.82) is 0 Å². The minimum atomic E-state index is -0.634. The fourth-order valence-electron chi connectivity index (χ4n) is 4.41. The molecule has 0 aromatic rings. The molecule has 2 unspecified atom stereocenters. The summed E-state index contributed by atoms with van der Waals surface area (Å²) in [6, 6.07) is 0.220. The summed E-state index contributed by atoms with van der Waals surface area (Å²) < 4.78 is 18.0. The maximum absolute atomic E-state index is 12.6. The number of hydrogen-bond donors (Lipinski definition) is 4. The van der Waals surface area contributed by atoms with E-state index in [0.29, 0.717) is 32.1 Å². The molecule has 10 nitrogen and oxygen atoms in total. The molecule has 44 heavy (non-hydrogen) atoms. The molecule has 0 aliphatic carbocycles. The molecule has 4 N–H and O–H groups in total. The van der Waals surface area contributed by atoms with Gasteiger partial charge in [0.15, 0.2) is 0 Å². The Balaban J connectivity index is 4.51. The first-order valence-corrected chi connectivity index (χ1v) is 16.2. The molecular weight excluding hydrogens is 560 g/mol. The lowest BCUT2D eigenvalue weighted by atomic mass is 10.0. The zero-order valence-electron chi connectivity index (χ0n) is 30.4. The van der Waals surface area contributed by atoms with E-state index in [2.05, 4.69) is 35.1 Å². The van der Waals surface area contributed by atoms with Gasteiger partial charge in [-0.2, -0.15) is 0 Å². The Morgan fingerprint density at radius 2 is 1.20 bits per heavy atom. The highest BCUT2D eigenvalue weighted by atomic mass is 16.6. The number of rotatable bonds is 22. The standard InChI is InChI=1S/C34H66N4O6/c1-24(2)35-20-19-32(9,10)42-22-31(7,8)38-29(40)18-17-28(39)36-26(5)15-16-27(6)37-30(41)21-33(11,12)43-23-34(13,14)44-25(3)4/h17-18,24-27,35H,15-16,19-23H2,1-14H3,(H,36,39)(H,37,41)(H,38,40)/b18-17+. The van der Waals surface area contributed by atoms with E-state index in [-0.39, 0.29) is 47.9 Å². The van der Waals surface area contributed by atoms with Crippen molar-refractivity contribution in [2.75, 3.05) is 19.8 Å². The molecule has 0 aromatic heterocycles. The summed E-state index contributed by atoms with van der Waals surface area (Å²) in [6.07, 6.45) is 5.00. The Bertz CT molecular complexity index is 911. The smallest absolute Gasteiger partial charge is 0.244 e. The highest BCUT2D eigenvalue weighted by Crippen LogP contribution is 2.21. The zero-order chi connectivity index (χ0) is 34.4. The number of carbonyl (C=O) groups excluding carboxylic acids is 3. The SMILES string of the molecule is CC(C)NCCC(C)(C)OCC(C)(C)NC(=O)/C=C/C(=O)NC(C)CCC(C)NC(=O)CC(C)(C)OCC(C)(C)OC(C)C. The van der Waals surface area contributed by atoms with E-state index in [0.717, 1.165) is 13.0 Å². The molecule has 0 aromatic carbocycles. The topological polar surface area (TPSA) is 127 Å². The minimum absolute atomic E-state index is 0.0689. The van der Waals surface area contributed by atoms with Gasteiger partial charge in [0.25, 0.3) is 0 Å². The highest BCUT2D eigenvalue weighted by molar-refractivity contribution is 5.97. The van der Waals surface area contributed by atoms with Crippen molar-refractivity contribution in [2.24, 2.45) is 0 Å². The van der Waals surface area contributed by atoms with Gasteiger partial charge < -0.3 is 35.5 Å². The van der Waals surface area contributed by atoms with E-state index in [9.17, 15) is 14.4 Å². The molecule has 3 amide bonds. The van der Waals surface area contributed by atoms with Gasteiger partial charge in [-0.25, -0.2) is 0 Å². The van der Waals surface area contributed by atoms with E-state index < -0.39 is 16.7 Å². The van der Waals surface area contributed by atoms with Crippen molar-refractivity contribution in [3.63, 3.8) is 0 Å². The van der Waals surface area contributed by atoms with Crippen LogP contribution >= 0.6 is 0 Å². The van der Waals surface area contributed by atoms with Gasteiger partial charge in [0.05, 0.1) is 48.1 Å². The van der Waals surface area contributed by atoms with Crippen molar-refractivity contribution in [2.45, 2.75) is 169 Å². The predicted molar refractivity (Wildman–Crippen MR) is 179 cm³/mol. The van der Waals surface area contributed by atoms with Crippen molar-refractivity contribution < 1.29 is 28.6 Å². The number of amides is 3. The van der Waals surface area contributed by atoms with E-state index in [1.807, 2.05) is 83.1 Å². The van der Waals surface area contributed by atoms with Gasteiger partial charge in [0.1, 0.15) is 0 Å². The Morgan fingerprint density at radius 3 is 1.75 bits per heavy atom. The second-order valence-electron chi connectivity index (χ2n) is 15.2. The summed E-state index contributed by atoms with van der Waals surface area (Å²) in [5.41, 5.74) is -2.01. The first-order chi connectivity index (χ1) is 19.9. The minimum Gasteiger partial charge on any atom is -0.373 e. The van der Waals surface area contributed by atoms with Gasteiger partial charge in [-0.3, -0.25) is 14.4 Å². The molecule has 0 radical (unpaired) electrons. The predicted octanol–water partition coefficient (Wildman–Crippen LogP) is 4.80. The Labute approximate surface area is 268 Å². The quantitative estimate of drug-likeness (QED) is 0.127. The lowest BCUT2D eigenvalue weighted by Gasteiger charge is -2.33. The summed E-state index contributed by atoms with van der Waals surface area (Å²) >= 11 is 0. The van der Waals surface area contributed by atoms with E-state index >= 15 is 0 Å². The third kappa shape index (κ3) is 22.5. The average molecular weight is 627 g/mol. The number of hydrogen-bond acceptors (Lipinski definition) is 7. The molecule has 0 saturated carbocycles. The van der Waals surface area contributed by atoms with Crippen LogP contribution in [0.1, 0.15) is 123 Å². The van der Waals surface area contributed by atoms with Crippen LogP contribution in [0.15, 0.2) is 12.2 Å². The summed E-state index contributed by atoms with van der Waals surface area (Å²) in [4.78, 5) is 37.5. The van der Waals surface area contributed by atoms with Crippen LogP contribution in [0.2, 0.25) is 0 Å². The Kier molecular flexibility index (Phi) is 18.0. The van der Waals surface area contributed by atoms with Crippen molar-refractivity contribution in [1.82, 2.24) is 21.3 Å². The summed E-state index contributed by atoms with van der Waals surface area (Å²) in [5, 5.41) is 12.2. The molecule has 0 saturated heterocycles. The zero-order valence-corrected chi connectivity index (χ0v) is 30.4. The largest absolute Gasteiger partial charge is 0.373 e. The second-order valence-corrected chi connectivity index (χ2v) is 15.2. The number of ether oxygens (including phenoxy) is 3. The summed E-state index contributed by atoms with van der Waals surface area (Å²) in [7, 11) is 0. The van der Waals surface area contributed by atoms with Crippen LogP contribution in [0.4, 0.5) is 0 Å². The third-order valence-electron chi connectivity index (χ3n) is 6.73. The van der Waals surface area contributed by atoms with Gasteiger partial charge in [-0.1, -0.05) is 13.8 Å². The van der Waals surface area contributed by atoms with Crippen LogP contribution in [-0.4, -0.2) is 84.1 Å². The molecule has 0 spiro atoms. The number of nitrogens with one attached hydrogen (secondary N) is 4. The second kappa shape index (κ2) is 18.8. The maximum Gasteiger partial charge on any atom is 0.244 e. The van der Waals surface area contributed by atoms with Gasteiger partial charge in [0.2, 0.25) is 17.7 Å². The van der Waals surface area contributed by atoms with Crippen LogP contribution in [0.5, 0.6) is 0 Å². The summed E-state index contributed by atoms with van der Waals surface area (Å²) in [5.74, 6) is -0.795. The highest BCUT2D eigenvalue weighted by Gasteiger charge is 2.29. The lowest BCUT2D eigenvalue weighted by Crippen LogP contribution is -2.48. The third-order valence-corrected chi connectivity index (χ3v) is 6.73. The fourth-order valence-corrected chi connectivity index (χ4v) is 4.41. The van der Waals surface area contributed by atoms with Gasteiger partial charge in [-0.05, 0) is 109 Å². The van der Waals surface area contributed by atoms with Crippen molar-refractivity contribution in [3.8, 4) is 0 Å². The molecule has 2 atom stereocenters. The molecule has 0 rings (SSSR count). The maximum atomic E-state index is 12.6. The van der Waals surface area contributed by atoms with Crippen molar-refractivity contribution in [3.05, 3.63) is 12.2 Å². The molecule has 0 aliphatic rings. The normalized spacial score (nSPS) is 14.6. The molecule has 10 heteroatoms. The van der Waals surface area contributed by atoms with Crippen molar-refractivity contribution >= 4 is 17.7 Å². The van der Waals surface area contributed by atoms with Gasteiger partial charge in [0, 0.05) is 30.3 Å². The van der Waals surface area contributed by atoms with Gasteiger partial charge in [-0.15, -0.1) is 0 Å². The van der Waals surface area contributed by atoms with E-state index in [1.54, 1.807) is 0 Å². The van der Waals surface area contributed by atoms with Crippen LogP contribution in [0.25, 0.3) is 0 Å². The van der Waals surface area contributed by atoms with Crippen LogP contribution in [-0.2, 0) is 28.6 Å². The van der Waals surface area contributed by atoms with Gasteiger partial charge >= 0.3 is 0 Å². The summed E-state index contributed by atoms with van der Waals surface area (Å²) in [6.45, 7) is 29.2. The molecule has 0 aliphatic heterocycles. The lowest BCUT2D eigenvalue weighted by molar-refractivity contribution is -0.147.